The van der Waals surface area contributed by atoms with Crippen LogP contribution >= 0.6 is 0 Å². The average molecular weight is 211 g/mol. The molecule has 1 amide bonds. The van der Waals surface area contributed by atoms with Gasteiger partial charge in [0.15, 0.2) is 0 Å². The molecule has 0 saturated heterocycles. The van der Waals surface area contributed by atoms with Gasteiger partial charge in [0, 0.05) is 24.7 Å². The van der Waals surface area contributed by atoms with E-state index in [2.05, 4.69) is 6.58 Å². The first-order valence-electron chi connectivity index (χ1n) is 4.58. The van der Waals surface area contributed by atoms with Crippen molar-refractivity contribution in [2.24, 2.45) is 0 Å². The zero-order valence-electron chi connectivity index (χ0n) is 9.63. The summed E-state index contributed by atoms with van der Waals surface area (Å²) < 4.78 is 0. The number of carboxylic acids is 1. The summed E-state index contributed by atoms with van der Waals surface area (Å²) in [6.07, 6.45) is 0. The summed E-state index contributed by atoms with van der Waals surface area (Å²) in [5.74, 6) is -1.34. The van der Waals surface area contributed by atoms with Crippen LogP contribution < -0.4 is 0 Å². The summed E-state index contributed by atoms with van der Waals surface area (Å²) in [5.41, 5.74) is 1.19. The Balaban J connectivity index is 4.79. The molecule has 0 unspecified atom stereocenters. The van der Waals surface area contributed by atoms with Crippen molar-refractivity contribution in [2.75, 3.05) is 13.6 Å². The van der Waals surface area contributed by atoms with Gasteiger partial charge in [-0.2, -0.15) is 0 Å². The Morgan fingerprint density at radius 1 is 1.20 bits per heavy atom. The number of hydrogen-bond acceptors (Lipinski definition) is 2. The molecule has 0 aliphatic rings. The fourth-order valence-corrected chi connectivity index (χ4v) is 1.08. The van der Waals surface area contributed by atoms with Crippen molar-refractivity contribution in [1.82, 2.24) is 4.90 Å². The minimum absolute atomic E-state index is 0.0774. The molecule has 0 aromatic carbocycles. The van der Waals surface area contributed by atoms with E-state index in [1.54, 1.807) is 7.05 Å². The molecule has 0 aromatic rings. The quantitative estimate of drug-likeness (QED) is 0.565. The smallest absolute Gasteiger partial charge is 0.331 e. The molecule has 0 aliphatic carbocycles. The summed E-state index contributed by atoms with van der Waals surface area (Å²) in [6, 6.07) is 0. The molecule has 0 aromatic heterocycles. The Hall–Kier alpha value is -1.58. The Morgan fingerprint density at radius 3 is 2.00 bits per heavy atom. The fraction of sp³-hybridized carbons (Fsp3) is 0.455. The first-order valence-corrected chi connectivity index (χ1v) is 4.58. The molecular formula is C11H17NO3. The van der Waals surface area contributed by atoms with Crippen LogP contribution in [0.5, 0.6) is 0 Å². The molecule has 0 aliphatic heterocycles. The summed E-state index contributed by atoms with van der Waals surface area (Å²) in [4.78, 5) is 23.8. The van der Waals surface area contributed by atoms with Crippen LogP contribution in [0.1, 0.15) is 20.8 Å². The van der Waals surface area contributed by atoms with Crippen LogP contribution in [-0.2, 0) is 9.59 Å². The molecule has 0 fully saturated rings. The normalized spacial score (nSPS) is 11.7. The highest BCUT2D eigenvalue weighted by atomic mass is 16.4. The fourth-order valence-electron chi connectivity index (χ4n) is 1.08. The Bertz CT molecular complexity index is 329. The molecule has 4 heteroatoms. The number of amides is 1. The number of carbonyl (C=O) groups is 2. The highest BCUT2D eigenvalue weighted by molar-refractivity contribution is 6.01. The topological polar surface area (TPSA) is 57.6 Å². The van der Waals surface area contributed by atoms with Gasteiger partial charge in [-0.1, -0.05) is 12.2 Å². The van der Waals surface area contributed by atoms with Crippen LogP contribution in [0, 0.1) is 0 Å². The highest BCUT2D eigenvalue weighted by Gasteiger charge is 2.16. The number of rotatable bonds is 4. The maximum absolute atomic E-state index is 11.7. The molecule has 0 radical (unpaired) electrons. The van der Waals surface area contributed by atoms with Gasteiger partial charge < -0.3 is 10.0 Å². The van der Waals surface area contributed by atoms with Gasteiger partial charge in [0.25, 0.3) is 0 Å². The number of carbonyl (C=O) groups excluding carboxylic acids is 1. The molecule has 0 rings (SSSR count). The van der Waals surface area contributed by atoms with Crippen molar-refractivity contribution in [3.63, 3.8) is 0 Å². The second-order valence-corrected chi connectivity index (χ2v) is 3.67. The summed E-state index contributed by atoms with van der Waals surface area (Å²) in [5, 5.41) is 8.72. The number of hydrogen-bond donors (Lipinski definition) is 1. The van der Waals surface area contributed by atoms with Crippen molar-refractivity contribution < 1.29 is 14.7 Å². The maximum Gasteiger partial charge on any atom is 0.331 e. The van der Waals surface area contributed by atoms with Crippen molar-refractivity contribution in [1.29, 1.82) is 0 Å². The summed E-state index contributed by atoms with van der Waals surface area (Å²) in [6.45, 7) is 8.87. The highest BCUT2D eigenvalue weighted by Crippen LogP contribution is 2.08. The van der Waals surface area contributed by atoms with Crippen LogP contribution in [0.4, 0.5) is 0 Å². The van der Waals surface area contributed by atoms with Crippen LogP contribution in [0.15, 0.2) is 23.3 Å². The molecule has 0 atom stereocenters. The Labute approximate surface area is 89.9 Å². The minimum atomic E-state index is -1.07. The second-order valence-electron chi connectivity index (χ2n) is 3.67. The standard InChI is InChI=1S/C11H17NO3/c1-7(2)6-12(5)10(13)8(3)9(4)11(14)15/h1,6H2,2-5H3,(H,14,15). The van der Waals surface area contributed by atoms with Crippen LogP contribution in [0.2, 0.25) is 0 Å². The van der Waals surface area contributed by atoms with E-state index >= 15 is 0 Å². The van der Waals surface area contributed by atoms with E-state index in [0.717, 1.165) is 5.57 Å². The molecule has 84 valence electrons. The van der Waals surface area contributed by atoms with Gasteiger partial charge in [-0.3, -0.25) is 4.79 Å². The average Bonchev–Trinajstić information content (AvgIpc) is 2.13. The van der Waals surface area contributed by atoms with Gasteiger partial charge in [0.1, 0.15) is 0 Å². The molecule has 0 heterocycles. The van der Waals surface area contributed by atoms with Crippen molar-refractivity contribution in [3.05, 3.63) is 23.3 Å². The van der Waals surface area contributed by atoms with Gasteiger partial charge in [-0.25, -0.2) is 4.79 Å². The van der Waals surface area contributed by atoms with Gasteiger partial charge in [-0.05, 0) is 20.8 Å². The van der Waals surface area contributed by atoms with Crippen molar-refractivity contribution in [3.8, 4) is 0 Å². The molecular weight excluding hydrogens is 194 g/mol. The molecule has 0 spiro atoms. The third-order valence-electron chi connectivity index (χ3n) is 2.06. The Kier molecular flexibility index (Phi) is 4.78. The zero-order valence-corrected chi connectivity index (χ0v) is 9.63. The first-order chi connectivity index (χ1) is 6.77. The predicted octanol–water partition coefficient (Wildman–Crippen LogP) is 1.44. The zero-order chi connectivity index (χ0) is 12.2. The first kappa shape index (κ1) is 13.4. The molecule has 0 bridgehead atoms. The third kappa shape index (κ3) is 3.97. The minimum Gasteiger partial charge on any atom is -0.478 e. The van der Waals surface area contributed by atoms with Gasteiger partial charge >= 0.3 is 5.97 Å². The van der Waals surface area contributed by atoms with E-state index in [-0.39, 0.29) is 17.1 Å². The predicted molar refractivity (Wildman–Crippen MR) is 58.5 cm³/mol. The molecule has 1 N–H and O–H groups in total. The van der Waals surface area contributed by atoms with Gasteiger partial charge in [0.2, 0.25) is 5.91 Å². The van der Waals surface area contributed by atoms with E-state index in [0.29, 0.717) is 6.54 Å². The van der Waals surface area contributed by atoms with Crippen LogP contribution in [0.25, 0.3) is 0 Å². The molecule has 15 heavy (non-hydrogen) atoms. The number of aliphatic carboxylic acids is 1. The SMILES string of the molecule is C=C(C)CN(C)C(=O)C(C)=C(C)C(=O)O. The lowest BCUT2D eigenvalue weighted by atomic mass is 10.1. The van der Waals surface area contributed by atoms with Crippen LogP contribution in [0.3, 0.4) is 0 Å². The van der Waals surface area contributed by atoms with E-state index in [1.165, 1.54) is 18.7 Å². The van der Waals surface area contributed by atoms with E-state index in [4.69, 9.17) is 5.11 Å². The largest absolute Gasteiger partial charge is 0.478 e. The van der Waals surface area contributed by atoms with Gasteiger partial charge in [-0.15, -0.1) is 0 Å². The van der Waals surface area contributed by atoms with E-state index in [1.807, 2.05) is 6.92 Å². The summed E-state index contributed by atoms with van der Waals surface area (Å²) in [7, 11) is 1.62. The lowest BCUT2D eigenvalue weighted by Gasteiger charge is -2.18. The molecule has 0 saturated carbocycles. The maximum atomic E-state index is 11.7. The molecule has 4 nitrogen and oxygen atoms in total. The van der Waals surface area contributed by atoms with Crippen LogP contribution in [-0.4, -0.2) is 35.5 Å². The Morgan fingerprint density at radius 2 is 1.67 bits per heavy atom. The number of carboxylic acid groups (broad SMARTS) is 1. The van der Waals surface area contributed by atoms with Crippen molar-refractivity contribution in [2.45, 2.75) is 20.8 Å². The second kappa shape index (κ2) is 5.34. The third-order valence-corrected chi connectivity index (χ3v) is 2.06. The number of likely N-dealkylation sites (N-methyl/N-ethyl adjacent to an activating group) is 1. The van der Waals surface area contributed by atoms with E-state index < -0.39 is 5.97 Å². The van der Waals surface area contributed by atoms with E-state index in [9.17, 15) is 9.59 Å². The van der Waals surface area contributed by atoms with Gasteiger partial charge in [0.05, 0.1) is 0 Å². The summed E-state index contributed by atoms with van der Waals surface area (Å²) >= 11 is 0. The number of nitrogens with zero attached hydrogens (tertiary/aromatic N) is 1. The lowest BCUT2D eigenvalue weighted by molar-refractivity contribution is -0.133. The monoisotopic (exact) mass is 211 g/mol. The van der Waals surface area contributed by atoms with Crippen molar-refractivity contribution >= 4 is 11.9 Å². The lowest BCUT2D eigenvalue weighted by Crippen LogP contribution is -2.29.